The second kappa shape index (κ2) is 6.92. The van der Waals surface area contributed by atoms with Crippen molar-refractivity contribution >= 4 is 32.7 Å². The van der Waals surface area contributed by atoms with Crippen molar-refractivity contribution in [3.05, 3.63) is 42.1 Å². The number of hydrogen-bond donors (Lipinski definition) is 3. The minimum Gasteiger partial charge on any atom is -0.490 e. The van der Waals surface area contributed by atoms with E-state index in [1.54, 1.807) is 13.0 Å². The number of hydrazine groups is 1. The lowest BCUT2D eigenvalue weighted by Gasteiger charge is -2.26. The number of aliphatic carboxylic acids is 1. The van der Waals surface area contributed by atoms with Gasteiger partial charge in [0.15, 0.2) is 0 Å². The number of rotatable bonds is 7. The zero-order valence-electron chi connectivity index (χ0n) is 13.3. The van der Waals surface area contributed by atoms with Gasteiger partial charge in [-0.15, -0.1) is 0 Å². The smallest absolute Gasteiger partial charge is 0.337 e. The molecule has 2 aromatic rings. The predicted molar refractivity (Wildman–Crippen MR) is 95.2 cm³/mol. The fourth-order valence-electron chi connectivity index (χ4n) is 2.27. The van der Waals surface area contributed by atoms with Crippen molar-refractivity contribution in [3.63, 3.8) is 0 Å². The highest BCUT2D eigenvalue weighted by molar-refractivity contribution is 7.22. The van der Waals surface area contributed by atoms with E-state index in [2.05, 4.69) is 22.4 Å². The average molecular weight is 345 g/mol. The highest BCUT2D eigenvalue weighted by Crippen LogP contribution is 2.31. The number of nitrogens with one attached hydrogen (secondary N) is 2. The Labute approximate surface area is 143 Å². The Kier molecular flexibility index (Phi) is 4.71. The van der Waals surface area contributed by atoms with Gasteiger partial charge in [0, 0.05) is 0 Å². The number of fused-ring (bicyclic) bond motifs is 1. The molecule has 3 N–H and O–H groups in total. The SMILES string of the molecule is C=C(C(=O)O)/C(=C\C)NNc1nc2ccc(OC3CCC3)cc2s1. The van der Waals surface area contributed by atoms with Crippen molar-refractivity contribution in [3.8, 4) is 5.75 Å². The van der Waals surface area contributed by atoms with Crippen molar-refractivity contribution < 1.29 is 14.6 Å². The van der Waals surface area contributed by atoms with E-state index in [0.717, 1.165) is 28.8 Å². The first-order valence-corrected chi connectivity index (χ1v) is 8.56. The van der Waals surface area contributed by atoms with Gasteiger partial charge in [-0.3, -0.25) is 10.9 Å². The molecule has 1 aliphatic carbocycles. The van der Waals surface area contributed by atoms with Gasteiger partial charge in [0.25, 0.3) is 0 Å². The van der Waals surface area contributed by atoms with Crippen LogP contribution < -0.4 is 15.6 Å². The third-order valence-electron chi connectivity index (χ3n) is 3.89. The van der Waals surface area contributed by atoms with E-state index in [4.69, 9.17) is 9.84 Å². The van der Waals surface area contributed by atoms with E-state index in [1.165, 1.54) is 17.8 Å². The summed E-state index contributed by atoms with van der Waals surface area (Å²) in [5.74, 6) is -0.205. The highest BCUT2D eigenvalue weighted by Gasteiger charge is 2.19. The van der Waals surface area contributed by atoms with Gasteiger partial charge in [0.1, 0.15) is 5.75 Å². The predicted octanol–water partition coefficient (Wildman–Crippen LogP) is 3.69. The molecular formula is C17H19N3O3S. The summed E-state index contributed by atoms with van der Waals surface area (Å²) in [6.07, 6.45) is 5.46. The third kappa shape index (κ3) is 3.51. The van der Waals surface area contributed by atoms with Crippen LogP contribution >= 0.6 is 11.3 Å². The third-order valence-corrected chi connectivity index (χ3v) is 4.82. The van der Waals surface area contributed by atoms with Crippen LogP contribution in [0.3, 0.4) is 0 Å². The number of ether oxygens (including phenoxy) is 1. The molecule has 0 bridgehead atoms. The largest absolute Gasteiger partial charge is 0.490 e. The number of carboxylic acid groups (broad SMARTS) is 1. The molecule has 7 heteroatoms. The van der Waals surface area contributed by atoms with Gasteiger partial charge >= 0.3 is 5.97 Å². The quantitative estimate of drug-likeness (QED) is 0.403. The van der Waals surface area contributed by atoms with Crippen LogP contribution in [0.25, 0.3) is 10.2 Å². The Balaban J connectivity index is 1.68. The zero-order chi connectivity index (χ0) is 17.1. The summed E-state index contributed by atoms with van der Waals surface area (Å²) in [4.78, 5) is 15.4. The van der Waals surface area contributed by atoms with Crippen LogP contribution in [0.2, 0.25) is 0 Å². The summed E-state index contributed by atoms with van der Waals surface area (Å²) in [6, 6.07) is 5.85. The molecule has 0 unspecified atom stereocenters. The van der Waals surface area contributed by atoms with E-state index < -0.39 is 5.97 Å². The van der Waals surface area contributed by atoms with Crippen LogP contribution in [0.5, 0.6) is 5.75 Å². The molecule has 3 rings (SSSR count). The van der Waals surface area contributed by atoms with Crippen LogP contribution in [0, 0.1) is 0 Å². The zero-order valence-corrected chi connectivity index (χ0v) is 14.2. The van der Waals surface area contributed by atoms with Crippen LogP contribution in [0.4, 0.5) is 5.13 Å². The Morgan fingerprint density at radius 2 is 2.29 bits per heavy atom. The molecule has 0 saturated heterocycles. The molecule has 0 amide bonds. The maximum absolute atomic E-state index is 11.0. The molecule has 0 aliphatic heterocycles. The van der Waals surface area contributed by atoms with E-state index in [9.17, 15) is 4.79 Å². The number of anilines is 1. The lowest BCUT2D eigenvalue weighted by atomic mass is 9.96. The maximum atomic E-state index is 11.0. The number of hydrogen-bond acceptors (Lipinski definition) is 6. The van der Waals surface area contributed by atoms with E-state index >= 15 is 0 Å². The normalized spacial score (nSPS) is 15.0. The van der Waals surface area contributed by atoms with Crippen molar-refractivity contribution in [1.29, 1.82) is 0 Å². The summed E-state index contributed by atoms with van der Waals surface area (Å²) in [6.45, 7) is 5.27. The van der Waals surface area contributed by atoms with Gasteiger partial charge < -0.3 is 9.84 Å². The minimum atomic E-state index is -1.07. The molecule has 126 valence electrons. The van der Waals surface area contributed by atoms with Gasteiger partial charge in [0.05, 0.1) is 27.6 Å². The molecule has 1 heterocycles. The molecule has 1 saturated carbocycles. The second-order valence-corrected chi connectivity index (χ2v) is 6.59. The first-order valence-electron chi connectivity index (χ1n) is 7.75. The highest BCUT2D eigenvalue weighted by atomic mass is 32.1. The number of allylic oxidation sites excluding steroid dienone is 1. The number of carbonyl (C=O) groups is 1. The van der Waals surface area contributed by atoms with Gasteiger partial charge in [-0.1, -0.05) is 24.0 Å². The summed E-state index contributed by atoms with van der Waals surface area (Å²) in [5, 5.41) is 9.63. The van der Waals surface area contributed by atoms with Gasteiger partial charge in [-0.05, 0) is 44.4 Å². The number of carboxylic acids is 1. The Bertz CT molecular complexity index is 809. The van der Waals surface area contributed by atoms with Gasteiger partial charge in [-0.2, -0.15) is 0 Å². The van der Waals surface area contributed by atoms with Gasteiger partial charge in [-0.25, -0.2) is 9.78 Å². The molecule has 1 fully saturated rings. The topological polar surface area (TPSA) is 83.5 Å². The summed E-state index contributed by atoms with van der Waals surface area (Å²) in [7, 11) is 0. The molecule has 1 aliphatic rings. The van der Waals surface area contributed by atoms with Crippen molar-refractivity contribution in [2.24, 2.45) is 0 Å². The van der Waals surface area contributed by atoms with Crippen LogP contribution in [0.15, 0.2) is 42.1 Å². The average Bonchev–Trinajstić information content (AvgIpc) is 2.93. The Hall–Kier alpha value is -2.54. The lowest BCUT2D eigenvalue weighted by molar-refractivity contribution is -0.132. The lowest BCUT2D eigenvalue weighted by Crippen LogP contribution is -2.24. The second-order valence-electron chi connectivity index (χ2n) is 5.56. The number of aromatic nitrogens is 1. The minimum absolute atomic E-state index is 0.0118. The summed E-state index contributed by atoms with van der Waals surface area (Å²) in [5.41, 5.74) is 7.02. The molecule has 6 nitrogen and oxygen atoms in total. The Morgan fingerprint density at radius 1 is 1.50 bits per heavy atom. The molecule has 0 atom stereocenters. The molecule has 1 aromatic carbocycles. The van der Waals surface area contributed by atoms with Crippen molar-refractivity contribution in [2.45, 2.75) is 32.3 Å². The molecule has 1 aromatic heterocycles. The monoisotopic (exact) mass is 345 g/mol. The number of benzene rings is 1. The first-order chi connectivity index (χ1) is 11.6. The van der Waals surface area contributed by atoms with E-state index in [1.807, 2.05) is 18.2 Å². The summed E-state index contributed by atoms with van der Waals surface area (Å²) >= 11 is 1.47. The summed E-state index contributed by atoms with van der Waals surface area (Å²) < 4.78 is 6.91. The van der Waals surface area contributed by atoms with Crippen molar-refractivity contribution in [1.82, 2.24) is 10.4 Å². The van der Waals surface area contributed by atoms with Gasteiger partial charge in [0.2, 0.25) is 5.13 Å². The van der Waals surface area contributed by atoms with E-state index in [0.29, 0.717) is 16.9 Å². The van der Waals surface area contributed by atoms with Crippen LogP contribution in [-0.4, -0.2) is 22.2 Å². The molecule has 24 heavy (non-hydrogen) atoms. The maximum Gasteiger partial charge on any atom is 0.337 e. The molecular weight excluding hydrogens is 326 g/mol. The van der Waals surface area contributed by atoms with Crippen LogP contribution in [0.1, 0.15) is 26.2 Å². The van der Waals surface area contributed by atoms with Crippen LogP contribution in [-0.2, 0) is 4.79 Å². The van der Waals surface area contributed by atoms with E-state index in [-0.39, 0.29) is 5.57 Å². The number of thiazole rings is 1. The molecule has 0 radical (unpaired) electrons. The fraction of sp³-hybridized carbons (Fsp3) is 0.294. The first kappa shape index (κ1) is 16.3. The van der Waals surface area contributed by atoms with Crippen molar-refractivity contribution in [2.75, 3.05) is 5.43 Å². The number of nitrogens with zero attached hydrogens (tertiary/aromatic N) is 1. The molecule has 0 spiro atoms. The standard InChI is InChI=1S/C17H19N3O3S/c1-3-13(10(2)16(21)22)19-20-17-18-14-8-7-12(9-15(14)24-17)23-11-5-4-6-11/h3,7-9,11,19H,2,4-6H2,1H3,(H,18,20)(H,21,22)/b13-3+. The fourth-order valence-corrected chi connectivity index (χ4v) is 3.12. The Morgan fingerprint density at radius 3 is 2.92 bits per heavy atom.